The second-order valence-corrected chi connectivity index (χ2v) is 11.0. The van der Waals surface area contributed by atoms with Gasteiger partial charge in [0.25, 0.3) is 0 Å². The first kappa shape index (κ1) is 27.7. The minimum Gasteiger partial charge on any atom is -0.593 e. The molecule has 2 aromatic heterocycles. The molecular formula is C27H24F4N6O2S. The van der Waals surface area contributed by atoms with Gasteiger partial charge in [0.05, 0.1) is 29.5 Å². The average molecular weight is 573 g/mol. The number of halogens is 4. The van der Waals surface area contributed by atoms with Gasteiger partial charge in [0.2, 0.25) is 10.6 Å². The lowest BCUT2D eigenvalue weighted by molar-refractivity contribution is -0.143. The second kappa shape index (κ2) is 10.6. The normalized spacial score (nSPS) is 20.5. The third-order valence-corrected chi connectivity index (χ3v) is 8.42. The molecule has 2 atom stereocenters. The summed E-state index contributed by atoms with van der Waals surface area (Å²) < 4.78 is 70.3. The summed E-state index contributed by atoms with van der Waals surface area (Å²) in [5.41, 5.74) is -0.180. The minimum atomic E-state index is -4.81. The summed E-state index contributed by atoms with van der Waals surface area (Å²) in [6, 6.07) is 10.5. The highest BCUT2D eigenvalue weighted by Crippen LogP contribution is 2.48. The van der Waals surface area contributed by atoms with Crippen LogP contribution in [-0.4, -0.2) is 48.7 Å². The molecule has 0 radical (unpaired) electrons. The van der Waals surface area contributed by atoms with Gasteiger partial charge in [-0.2, -0.15) is 18.3 Å². The van der Waals surface area contributed by atoms with Crippen LogP contribution < -0.4 is 5.32 Å². The molecule has 0 amide bonds. The van der Waals surface area contributed by atoms with Crippen molar-refractivity contribution in [2.75, 3.05) is 18.4 Å². The fourth-order valence-electron chi connectivity index (χ4n) is 5.08. The highest BCUT2D eigenvalue weighted by molar-refractivity contribution is 7.89. The largest absolute Gasteiger partial charge is 0.593 e. The maximum absolute atomic E-state index is 14.1. The Kier molecular flexibility index (Phi) is 7.38. The number of carbonyl (C=O) groups is 1. The molecule has 8 nitrogen and oxygen atoms in total. The molecule has 0 spiro atoms. The number of fused-ring (bicyclic) bond motifs is 1. The fourth-order valence-corrected chi connectivity index (χ4v) is 6.52. The van der Waals surface area contributed by atoms with Crippen molar-refractivity contribution in [2.24, 2.45) is 12.5 Å². The Labute approximate surface area is 230 Å². The molecule has 1 aliphatic carbocycles. The van der Waals surface area contributed by atoms with Crippen molar-refractivity contribution < 1.29 is 26.9 Å². The maximum atomic E-state index is 14.1. The predicted molar refractivity (Wildman–Crippen MR) is 140 cm³/mol. The average Bonchev–Trinajstić information content (AvgIpc) is 3.35. The second-order valence-electron chi connectivity index (χ2n) is 9.56. The van der Waals surface area contributed by atoms with Crippen molar-refractivity contribution in [1.82, 2.24) is 19.1 Å². The fraction of sp³-hybridized carbons (Fsp3) is 0.259. The summed E-state index contributed by atoms with van der Waals surface area (Å²) in [6.07, 6.45) is 0.836. The summed E-state index contributed by atoms with van der Waals surface area (Å²) in [5.74, 6) is -0.792. The van der Waals surface area contributed by atoms with Crippen molar-refractivity contribution >= 4 is 29.0 Å². The molecule has 1 aromatic carbocycles. The van der Waals surface area contributed by atoms with Crippen LogP contribution in [0.3, 0.4) is 0 Å². The number of Topliss-reactive ketones (excluding diaryl/α,β-unsaturated/α-hetero) is 1. The van der Waals surface area contributed by atoms with Crippen LogP contribution in [0.2, 0.25) is 0 Å². The lowest BCUT2D eigenvalue weighted by Gasteiger charge is -2.45. The zero-order valence-corrected chi connectivity index (χ0v) is 22.0. The van der Waals surface area contributed by atoms with E-state index in [0.717, 1.165) is 17.1 Å². The molecule has 208 valence electrons. The number of nitrogens with zero attached hydrogens (tertiary/aromatic N) is 4. The predicted octanol–water partition coefficient (Wildman–Crippen LogP) is 4.92. The molecule has 40 heavy (non-hydrogen) atoms. The molecule has 1 fully saturated rings. The summed E-state index contributed by atoms with van der Waals surface area (Å²) >= 11 is -2.27. The van der Waals surface area contributed by atoms with Gasteiger partial charge < -0.3 is 15.3 Å². The Morgan fingerprint density at radius 3 is 2.62 bits per heavy atom. The number of aromatic nitrogens is 3. The van der Waals surface area contributed by atoms with Crippen molar-refractivity contribution in [2.45, 2.75) is 23.9 Å². The number of pyridine rings is 1. The molecule has 3 aromatic rings. The van der Waals surface area contributed by atoms with Crippen LogP contribution in [0.4, 0.5) is 23.2 Å². The number of alkyl halides is 3. The lowest BCUT2D eigenvalue weighted by atomic mass is 9.65. The van der Waals surface area contributed by atoms with E-state index in [1.54, 1.807) is 36.4 Å². The number of nitrogens with one attached hydrogen (secondary N) is 2. The molecule has 0 bridgehead atoms. The summed E-state index contributed by atoms with van der Waals surface area (Å²) in [6.45, 7) is -0.0418. The Hall–Kier alpha value is -3.81. The third kappa shape index (κ3) is 5.19. The quantitative estimate of drug-likeness (QED) is 0.180. The van der Waals surface area contributed by atoms with Crippen LogP contribution in [0, 0.1) is 16.6 Å². The van der Waals surface area contributed by atoms with E-state index in [2.05, 4.69) is 15.4 Å². The standard InChI is InChI=1S/C27H24F4N6O2S/c1-36-15-23(24(35-36)27(29,30)31)40(39)37-11-9-18-12-22(34-20-7-5-19(28)6-8-20)17(14-32)13-26(18,16-37)25(38)21-4-2-3-10-33-21/h2-8,10,12,14-15,32,34H,9,11,13,16H2,1H3. The molecule has 3 heterocycles. The van der Waals surface area contributed by atoms with Crippen LogP contribution in [0.15, 0.2) is 82.7 Å². The molecule has 1 aliphatic heterocycles. The topological polar surface area (TPSA) is 110 Å². The van der Waals surface area contributed by atoms with E-state index in [1.165, 1.54) is 29.7 Å². The number of carbonyl (C=O) groups excluding carboxylic acids is 1. The van der Waals surface area contributed by atoms with Crippen LogP contribution in [0.25, 0.3) is 0 Å². The van der Waals surface area contributed by atoms with Crippen molar-refractivity contribution in [3.8, 4) is 0 Å². The summed E-state index contributed by atoms with van der Waals surface area (Å²) in [5, 5.41) is 14.7. The number of piperidine rings is 1. The molecule has 1 saturated heterocycles. The smallest absolute Gasteiger partial charge is 0.440 e. The van der Waals surface area contributed by atoms with Gasteiger partial charge in [-0.25, -0.2) is 4.39 Å². The highest BCUT2D eigenvalue weighted by atomic mass is 32.2. The maximum Gasteiger partial charge on any atom is 0.440 e. The summed E-state index contributed by atoms with van der Waals surface area (Å²) in [4.78, 5) is 17.8. The van der Waals surface area contributed by atoms with Gasteiger partial charge in [0.1, 0.15) is 11.5 Å². The highest BCUT2D eigenvalue weighted by Gasteiger charge is 2.52. The molecule has 2 aliphatic rings. The Morgan fingerprint density at radius 2 is 1.98 bits per heavy atom. The number of rotatable bonds is 7. The number of ketones is 1. The van der Waals surface area contributed by atoms with Gasteiger partial charge in [0, 0.05) is 37.4 Å². The van der Waals surface area contributed by atoms with Gasteiger partial charge >= 0.3 is 6.18 Å². The van der Waals surface area contributed by atoms with Gasteiger partial charge in [-0.1, -0.05) is 11.6 Å². The number of hydrogen-bond acceptors (Lipinski definition) is 7. The number of hydrogen-bond donors (Lipinski definition) is 2. The van der Waals surface area contributed by atoms with E-state index in [4.69, 9.17) is 5.41 Å². The first-order chi connectivity index (χ1) is 19.0. The Balaban J connectivity index is 1.54. The summed E-state index contributed by atoms with van der Waals surface area (Å²) in [7, 11) is 1.32. The molecule has 2 N–H and O–H groups in total. The third-order valence-electron chi connectivity index (χ3n) is 6.96. The zero-order valence-electron chi connectivity index (χ0n) is 21.2. The zero-order chi connectivity index (χ0) is 28.7. The SMILES string of the molecule is Cn1cc([S+]([O-])N2CCC3=CC(Nc4ccc(F)cc4)=C(C=N)CC3(C(=O)c3ccccn3)C2)c(C(F)(F)F)n1. The van der Waals surface area contributed by atoms with Crippen LogP contribution in [-0.2, 0) is 24.6 Å². The van der Waals surface area contributed by atoms with Crippen molar-refractivity contribution in [1.29, 1.82) is 5.41 Å². The van der Waals surface area contributed by atoms with Crippen molar-refractivity contribution in [3.63, 3.8) is 0 Å². The van der Waals surface area contributed by atoms with E-state index in [1.807, 2.05) is 0 Å². The van der Waals surface area contributed by atoms with Crippen molar-refractivity contribution in [3.05, 3.63) is 95.0 Å². The van der Waals surface area contributed by atoms with Crippen LogP contribution >= 0.6 is 0 Å². The van der Waals surface area contributed by atoms with Gasteiger partial charge in [-0.15, -0.1) is 4.31 Å². The molecular weight excluding hydrogens is 548 g/mol. The van der Waals surface area contributed by atoms with E-state index in [9.17, 15) is 26.9 Å². The Bertz CT molecular complexity index is 1500. The molecule has 2 unspecified atom stereocenters. The van der Waals surface area contributed by atoms with Crippen LogP contribution in [0.5, 0.6) is 0 Å². The monoisotopic (exact) mass is 572 g/mol. The van der Waals surface area contributed by atoms with E-state index in [0.29, 0.717) is 22.5 Å². The minimum absolute atomic E-state index is 0.0220. The first-order valence-electron chi connectivity index (χ1n) is 12.2. The first-order valence-corrected chi connectivity index (χ1v) is 13.3. The molecule has 0 saturated carbocycles. The number of aryl methyl sites for hydroxylation is 1. The van der Waals surface area contributed by atoms with Crippen LogP contribution in [0.1, 0.15) is 29.0 Å². The van der Waals surface area contributed by atoms with E-state index in [-0.39, 0.29) is 37.4 Å². The van der Waals surface area contributed by atoms with E-state index >= 15 is 0 Å². The van der Waals surface area contributed by atoms with Gasteiger partial charge in [-0.05, 0) is 60.9 Å². The Morgan fingerprint density at radius 1 is 1.23 bits per heavy atom. The van der Waals surface area contributed by atoms with E-state index < -0.39 is 39.4 Å². The van der Waals surface area contributed by atoms with Gasteiger partial charge in [-0.3, -0.25) is 14.5 Å². The lowest BCUT2D eigenvalue weighted by Crippen LogP contribution is -2.52. The van der Waals surface area contributed by atoms with Gasteiger partial charge in [0.15, 0.2) is 5.78 Å². The number of allylic oxidation sites excluding steroid dienone is 2. The molecule has 5 rings (SSSR count). The number of anilines is 1. The molecule has 13 heteroatoms. The number of benzene rings is 1.